The summed E-state index contributed by atoms with van der Waals surface area (Å²) >= 11 is 0. The highest BCUT2D eigenvalue weighted by atomic mass is 19.1. The molecule has 1 aromatic rings. The molecule has 0 spiro atoms. The largest absolute Gasteiger partial charge is 0.342 e. The van der Waals surface area contributed by atoms with E-state index in [1.807, 2.05) is 11.0 Å². The normalized spacial score (nSPS) is 31.3. The summed E-state index contributed by atoms with van der Waals surface area (Å²) in [4.78, 5) is 27.8. The Labute approximate surface area is 135 Å². The molecule has 0 bridgehead atoms. The van der Waals surface area contributed by atoms with Crippen molar-refractivity contribution in [3.05, 3.63) is 35.6 Å². The first kappa shape index (κ1) is 14.8. The minimum absolute atomic E-state index is 0.0910. The van der Waals surface area contributed by atoms with Crippen LogP contribution in [0.3, 0.4) is 0 Å². The number of benzene rings is 1. The van der Waals surface area contributed by atoms with Crippen LogP contribution in [0.2, 0.25) is 0 Å². The number of rotatable bonds is 2. The third-order valence-corrected chi connectivity index (χ3v) is 5.69. The molecular formula is C18H21FN2O2. The van der Waals surface area contributed by atoms with Crippen molar-refractivity contribution in [3.8, 4) is 0 Å². The van der Waals surface area contributed by atoms with Gasteiger partial charge < -0.3 is 4.90 Å². The van der Waals surface area contributed by atoms with Gasteiger partial charge in [-0.15, -0.1) is 0 Å². The average molecular weight is 316 g/mol. The minimum atomic E-state index is -0.210. The number of carbonyl (C=O) groups excluding carboxylic acids is 2. The maximum atomic E-state index is 13.6. The number of Topliss-reactive ketones (excluding diaryl/α,β-unsaturated/α-hetero) is 1. The molecule has 4 rings (SSSR count). The van der Waals surface area contributed by atoms with Crippen molar-refractivity contribution < 1.29 is 14.0 Å². The fourth-order valence-electron chi connectivity index (χ4n) is 4.55. The molecule has 1 aliphatic carbocycles. The summed E-state index contributed by atoms with van der Waals surface area (Å²) in [6, 6.07) is 6.97. The van der Waals surface area contributed by atoms with E-state index in [9.17, 15) is 14.0 Å². The molecule has 3 fully saturated rings. The summed E-state index contributed by atoms with van der Waals surface area (Å²) in [5, 5.41) is 0. The molecule has 3 atom stereocenters. The first-order valence-electron chi connectivity index (χ1n) is 8.29. The van der Waals surface area contributed by atoms with E-state index in [-0.39, 0.29) is 29.5 Å². The molecule has 0 N–H and O–H groups in total. The standard InChI is InChI=1S/C18H21FN2O2/c1-20-8-13-9-21(18(23)12-6-15(22)7-12)10-16(13)17(20)11-3-2-4-14(19)5-11/h2-5,12-13,16-17H,6-10H2,1H3/t13-,16+,17-/m0/s1. The maximum absolute atomic E-state index is 13.6. The minimum Gasteiger partial charge on any atom is -0.342 e. The molecule has 23 heavy (non-hydrogen) atoms. The Morgan fingerprint density at radius 3 is 2.70 bits per heavy atom. The van der Waals surface area contributed by atoms with Gasteiger partial charge >= 0.3 is 0 Å². The Hall–Kier alpha value is -1.75. The zero-order chi connectivity index (χ0) is 16.1. The average Bonchev–Trinajstić information content (AvgIpc) is 2.99. The lowest BCUT2D eigenvalue weighted by Gasteiger charge is -2.30. The summed E-state index contributed by atoms with van der Waals surface area (Å²) in [5.41, 5.74) is 0.994. The molecule has 3 aliphatic rings. The van der Waals surface area contributed by atoms with Gasteiger partial charge in [-0.25, -0.2) is 4.39 Å². The Bertz CT molecular complexity index is 654. The van der Waals surface area contributed by atoms with Gasteiger partial charge in [0.15, 0.2) is 0 Å². The number of amides is 1. The zero-order valence-corrected chi connectivity index (χ0v) is 13.2. The van der Waals surface area contributed by atoms with Crippen LogP contribution in [0.4, 0.5) is 4.39 Å². The fourth-order valence-corrected chi connectivity index (χ4v) is 4.55. The molecule has 122 valence electrons. The highest BCUT2D eigenvalue weighted by molar-refractivity contribution is 5.96. The van der Waals surface area contributed by atoms with Gasteiger partial charge in [0.2, 0.25) is 5.91 Å². The SMILES string of the molecule is CN1C[C@H]2CN(C(=O)C3CC(=O)C3)C[C@H]2[C@@H]1c1cccc(F)c1. The van der Waals surface area contributed by atoms with E-state index in [1.54, 1.807) is 12.1 Å². The van der Waals surface area contributed by atoms with Gasteiger partial charge in [-0.05, 0) is 30.7 Å². The molecule has 0 radical (unpaired) electrons. The van der Waals surface area contributed by atoms with Crippen molar-refractivity contribution >= 4 is 11.7 Å². The van der Waals surface area contributed by atoms with Crippen LogP contribution < -0.4 is 0 Å². The zero-order valence-electron chi connectivity index (χ0n) is 13.2. The summed E-state index contributed by atoms with van der Waals surface area (Å²) in [6.45, 7) is 2.42. The molecule has 2 aliphatic heterocycles. The van der Waals surface area contributed by atoms with Crippen LogP contribution in [0.5, 0.6) is 0 Å². The van der Waals surface area contributed by atoms with Crippen LogP contribution in [-0.2, 0) is 9.59 Å². The number of fused-ring (bicyclic) bond motifs is 1. The smallest absolute Gasteiger partial charge is 0.226 e. The second kappa shape index (κ2) is 5.41. The summed E-state index contributed by atoms with van der Waals surface area (Å²) in [5.74, 6) is 0.819. The monoisotopic (exact) mass is 316 g/mol. The summed E-state index contributed by atoms with van der Waals surface area (Å²) in [7, 11) is 2.07. The van der Waals surface area contributed by atoms with E-state index in [0.29, 0.717) is 24.7 Å². The molecule has 4 nitrogen and oxygen atoms in total. The number of likely N-dealkylation sites (tertiary alicyclic amines) is 2. The lowest BCUT2D eigenvalue weighted by atomic mass is 9.83. The third-order valence-electron chi connectivity index (χ3n) is 5.69. The molecule has 2 saturated heterocycles. The van der Waals surface area contributed by atoms with Gasteiger partial charge in [-0.3, -0.25) is 14.5 Å². The van der Waals surface area contributed by atoms with Crippen molar-refractivity contribution in [3.63, 3.8) is 0 Å². The molecule has 1 saturated carbocycles. The molecule has 0 unspecified atom stereocenters. The summed E-state index contributed by atoms with van der Waals surface area (Å²) in [6.07, 6.45) is 0.829. The number of hydrogen-bond donors (Lipinski definition) is 0. The molecule has 2 heterocycles. The lowest BCUT2D eigenvalue weighted by molar-refractivity contribution is -0.144. The Morgan fingerprint density at radius 2 is 2.00 bits per heavy atom. The lowest BCUT2D eigenvalue weighted by Crippen LogP contribution is -2.42. The molecule has 5 heteroatoms. The molecule has 1 amide bonds. The molecule has 0 aromatic heterocycles. The summed E-state index contributed by atoms with van der Waals surface area (Å²) < 4.78 is 13.6. The van der Waals surface area contributed by atoms with Crippen LogP contribution in [0.15, 0.2) is 24.3 Å². The van der Waals surface area contributed by atoms with Crippen LogP contribution in [0.1, 0.15) is 24.4 Å². The van der Waals surface area contributed by atoms with Crippen LogP contribution in [-0.4, -0.2) is 48.2 Å². The van der Waals surface area contributed by atoms with Crippen molar-refractivity contribution in [2.45, 2.75) is 18.9 Å². The Balaban J connectivity index is 1.51. The second-order valence-electron chi connectivity index (χ2n) is 7.25. The van der Waals surface area contributed by atoms with Crippen LogP contribution in [0.25, 0.3) is 0 Å². The van der Waals surface area contributed by atoms with Gasteiger partial charge in [-0.1, -0.05) is 12.1 Å². The number of hydrogen-bond acceptors (Lipinski definition) is 3. The van der Waals surface area contributed by atoms with E-state index in [2.05, 4.69) is 11.9 Å². The predicted molar refractivity (Wildman–Crippen MR) is 83.1 cm³/mol. The van der Waals surface area contributed by atoms with Gasteiger partial charge in [-0.2, -0.15) is 0 Å². The van der Waals surface area contributed by atoms with E-state index in [0.717, 1.165) is 25.2 Å². The first-order valence-corrected chi connectivity index (χ1v) is 8.29. The van der Waals surface area contributed by atoms with Crippen molar-refractivity contribution in [2.24, 2.45) is 17.8 Å². The van der Waals surface area contributed by atoms with E-state index >= 15 is 0 Å². The number of carbonyl (C=O) groups is 2. The van der Waals surface area contributed by atoms with Gasteiger partial charge in [0.1, 0.15) is 11.6 Å². The van der Waals surface area contributed by atoms with E-state index in [4.69, 9.17) is 0 Å². The van der Waals surface area contributed by atoms with Crippen molar-refractivity contribution in [1.82, 2.24) is 9.80 Å². The van der Waals surface area contributed by atoms with E-state index in [1.165, 1.54) is 6.07 Å². The Morgan fingerprint density at radius 1 is 1.22 bits per heavy atom. The van der Waals surface area contributed by atoms with Gasteiger partial charge in [0.25, 0.3) is 0 Å². The predicted octanol–water partition coefficient (Wildman–Crippen LogP) is 1.87. The van der Waals surface area contributed by atoms with Crippen LogP contribution in [0, 0.1) is 23.6 Å². The van der Waals surface area contributed by atoms with Gasteiger partial charge in [0, 0.05) is 44.4 Å². The second-order valence-corrected chi connectivity index (χ2v) is 7.25. The maximum Gasteiger partial charge on any atom is 0.226 e. The van der Waals surface area contributed by atoms with Crippen LogP contribution >= 0.6 is 0 Å². The van der Waals surface area contributed by atoms with Gasteiger partial charge in [0.05, 0.1) is 5.92 Å². The fraction of sp³-hybridized carbons (Fsp3) is 0.556. The topological polar surface area (TPSA) is 40.6 Å². The Kier molecular flexibility index (Phi) is 3.48. The molecule has 1 aromatic carbocycles. The van der Waals surface area contributed by atoms with E-state index < -0.39 is 0 Å². The highest BCUT2D eigenvalue weighted by Crippen LogP contribution is 2.44. The number of nitrogens with zero attached hydrogens (tertiary/aromatic N) is 2. The third kappa shape index (κ3) is 2.47. The quantitative estimate of drug-likeness (QED) is 0.836. The van der Waals surface area contributed by atoms with Crippen molar-refractivity contribution in [1.29, 1.82) is 0 Å². The number of halogens is 1. The number of ketones is 1. The molecular weight excluding hydrogens is 295 g/mol. The van der Waals surface area contributed by atoms with Crippen molar-refractivity contribution in [2.75, 3.05) is 26.7 Å². The first-order chi connectivity index (χ1) is 11.0. The highest BCUT2D eigenvalue weighted by Gasteiger charge is 2.48.